The monoisotopic (exact) mass is 302 g/mol. The number of nitrogens with zero attached hydrogens (tertiary/aromatic N) is 2. The highest BCUT2D eigenvalue weighted by molar-refractivity contribution is 7.89. The van der Waals surface area contributed by atoms with E-state index in [1.54, 1.807) is 0 Å². The van der Waals surface area contributed by atoms with Crippen LogP contribution in [0.2, 0.25) is 0 Å². The molecule has 0 heterocycles. The van der Waals surface area contributed by atoms with Gasteiger partial charge in [0.25, 0.3) is 5.69 Å². The third-order valence-corrected chi connectivity index (χ3v) is 4.74. The molecule has 1 aromatic rings. The molecule has 0 atom stereocenters. The highest BCUT2D eigenvalue weighted by Crippen LogP contribution is 2.26. The van der Waals surface area contributed by atoms with Gasteiger partial charge in [0.05, 0.1) is 11.5 Å². The maximum absolute atomic E-state index is 12.5. The minimum atomic E-state index is -3.98. The molecule has 0 aromatic heterocycles. The summed E-state index contributed by atoms with van der Waals surface area (Å²) in [6.45, 7) is 1.73. The lowest BCUT2D eigenvalue weighted by Crippen LogP contribution is -2.34. The first kappa shape index (κ1) is 16.5. The predicted molar refractivity (Wildman–Crippen MR) is 73.8 cm³/mol. The summed E-state index contributed by atoms with van der Waals surface area (Å²) >= 11 is 0. The maximum Gasteiger partial charge on any atom is 0.289 e. The third-order valence-electron chi connectivity index (χ3n) is 2.79. The molecule has 0 aliphatic carbocycles. The second-order valence-corrected chi connectivity index (χ2v) is 6.11. The molecule has 0 bridgehead atoms. The van der Waals surface area contributed by atoms with Crippen molar-refractivity contribution < 1.29 is 18.4 Å². The molecule has 112 valence electrons. The van der Waals surface area contributed by atoms with Crippen LogP contribution in [-0.4, -0.2) is 42.4 Å². The van der Waals surface area contributed by atoms with Gasteiger partial charge in [0, 0.05) is 19.2 Å². The van der Waals surface area contributed by atoms with E-state index in [1.165, 1.54) is 18.2 Å². The molecule has 7 nitrogen and oxygen atoms in total. The number of para-hydroxylation sites is 1. The summed E-state index contributed by atoms with van der Waals surface area (Å²) in [4.78, 5) is 9.88. The van der Waals surface area contributed by atoms with Gasteiger partial charge in [-0.05, 0) is 12.5 Å². The lowest BCUT2D eigenvalue weighted by Gasteiger charge is -2.20. The number of benzene rings is 1. The van der Waals surface area contributed by atoms with Crippen LogP contribution < -0.4 is 0 Å². The van der Waals surface area contributed by atoms with Crippen LogP contribution in [0.1, 0.15) is 19.8 Å². The molecule has 0 spiro atoms. The maximum atomic E-state index is 12.5. The molecular weight excluding hydrogens is 284 g/mol. The molecule has 0 saturated heterocycles. The Balaban J connectivity index is 3.22. The first-order valence-electron chi connectivity index (χ1n) is 6.29. The first-order valence-corrected chi connectivity index (χ1v) is 7.73. The Kier molecular flexibility index (Phi) is 6.05. The standard InChI is InChI=1S/C12H18N2O5S/c1-2-3-8-13(9-10-15)20(18,19)12-7-5-4-6-11(12)14(16)17/h4-7,15H,2-3,8-10H2,1H3. The SMILES string of the molecule is CCCCN(CCO)S(=O)(=O)c1ccccc1[N+](=O)[O-]. The number of hydrogen-bond donors (Lipinski definition) is 1. The quantitative estimate of drug-likeness (QED) is 0.577. The van der Waals surface area contributed by atoms with Crippen LogP contribution in [-0.2, 0) is 10.0 Å². The number of hydrogen-bond acceptors (Lipinski definition) is 5. The van der Waals surface area contributed by atoms with Crippen LogP contribution >= 0.6 is 0 Å². The molecule has 20 heavy (non-hydrogen) atoms. The predicted octanol–water partition coefficient (Wildman–Crippen LogP) is 1.38. The van der Waals surface area contributed by atoms with Gasteiger partial charge >= 0.3 is 0 Å². The average molecular weight is 302 g/mol. The van der Waals surface area contributed by atoms with Gasteiger partial charge in [-0.15, -0.1) is 0 Å². The van der Waals surface area contributed by atoms with Gasteiger partial charge in [-0.3, -0.25) is 10.1 Å². The molecule has 0 unspecified atom stereocenters. The summed E-state index contributed by atoms with van der Waals surface area (Å²) in [7, 11) is -3.98. The number of nitro groups is 1. The number of aliphatic hydroxyl groups excluding tert-OH is 1. The lowest BCUT2D eigenvalue weighted by atomic mass is 10.3. The Labute approximate surface area is 118 Å². The summed E-state index contributed by atoms with van der Waals surface area (Å²) in [6.07, 6.45) is 1.41. The largest absolute Gasteiger partial charge is 0.395 e. The topological polar surface area (TPSA) is 101 Å². The van der Waals surface area contributed by atoms with Crippen LogP contribution in [0.25, 0.3) is 0 Å². The van der Waals surface area contributed by atoms with Crippen molar-refractivity contribution in [3.05, 3.63) is 34.4 Å². The van der Waals surface area contributed by atoms with E-state index in [2.05, 4.69) is 0 Å². The van der Waals surface area contributed by atoms with E-state index < -0.39 is 20.6 Å². The molecular formula is C12H18N2O5S. The van der Waals surface area contributed by atoms with Gasteiger partial charge in [-0.25, -0.2) is 8.42 Å². The molecule has 1 N–H and O–H groups in total. The van der Waals surface area contributed by atoms with Crippen LogP contribution in [0, 0.1) is 10.1 Å². The van der Waals surface area contributed by atoms with Crippen molar-refractivity contribution in [1.82, 2.24) is 4.31 Å². The zero-order chi connectivity index (χ0) is 15.2. The van der Waals surface area contributed by atoms with Crippen LogP contribution in [0.15, 0.2) is 29.2 Å². The van der Waals surface area contributed by atoms with Gasteiger partial charge in [0.15, 0.2) is 4.90 Å². The van der Waals surface area contributed by atoms with E-state index in [1.807, 2.05) is 6.92 Å². The Hall–Kier alpha value is -1.51. The number of nitro benzene ring substituents is 1. The first-order chi connectivity index (χ1) is 9.45. The van der Waals surface area contributed by atoms with Gasteiger partial charge < -0.3 is 5.11 Å². The third kappa shape index (κ3) is 3.75. The number of rotatable bonds is 8. The zero-order valence-electron chi connectivity index (χ0n) is 11.2. The van der Waals surface area contributed by atoms with E-state index in [0.717, 1.165) is 16.8 Å². The smallest absolute Gasteiger partial charge is 0.289 e. The highest BCUT2D eigenvalue weighted by Gasteiger charge is 2.30. The van der Waals surface area contributed by atoms with E-state index in [-0.39, 0.29) is 24.6 Å². The normalized spacial score (nSPS) is 11.8. The fourth-order valence-electron chi connectivity index (χ4n) is 1.76. The molecule has 0 aliphatic heterocycles. The molecule has 8 heteroatoms. The summed E-state index contributed by atoms with van der Waals surface area (Å²) in [6, 6.07) is 5.23. The zero-order valence-corrected chi connectivity index (χ0v) is 12.0. The van der Waals surface area contributed by atoms with Gasteiger partial charge in [0.1, 0.15) is 0 Å². The fraction of sp³-hybridized carbons (Fsp3) is 0.500. The Morgan fingerprint density at radius 3 is 2.50 bits per heavy atom. The lowest BCUT2D eigenvalue weighted by molar-refractivity contribution is -0.387. The molecule has 0 amide bonds. The molecule has 1 rings (SSSR count). The van der Waals surface area contributed by atoms with Gasteiger partial charge in [0.2, 0.25) is 10.0 Å². The van der Waals surface area contributed by atoms with Crippen molar-refractivity contribution in [2.75, 3.05) is 19.7 Å². The van der Waals surface area contributed by atoms with Crippen molar-refractivity contribution >= 4 is 15.7 Å². The Morgan fingerprint density at radius 2 is 1.95 bits per heavy atom. The molecule has 0 fully saturated rings. The molecule has 0 aliphatic rings. The number of unbranched alkanes of at least 4 members (excludes halogenated alkanes) is 1. The van der Waals surface area contributed by atoms with E-state index in [4.69, 9.17) is 5.11 Å². The number of sulfonamides is 1. The second-order valence-electron chi connectivity index (χ2n) is 4.21. The molecule has 0 radical (unpaired) electrons. The highest BCUT2D eigenvalue weighted by atomic mass is 32.2. The van der Waals surface area contributed by atoms with Crippen LogP contribution in [0.3, 0.4) is 0 Å². The van der Waals surface area contributed by atoms with Crippen molar-refractivity contribution in [2.45, 2.75) is 24.7 Å². The van der Waals surface area contributed by atoms with Crippen molar-refractivity contribution in [2.24, 2.45) is 0 Å². The van der Waals surface area contributed by atoms with Gasteiger partial charge in [-0.2, -0.15) is 4.31 Å². The molecule has 1 aromatic carbocycles. The Morgan fingerprint density at radius 1 is 1.30 bits per heavy atom. The van der Waals surface area contributed by atoms with Crippen molar-refractivity contribution in [1.29, 1.82) is 0 Å². The van der Waals surface area contributed by atoms with Crippen molar-refractivity contribution in [3.8, 4) is 0 Å². The second kappa shape index (κ2) is 7.32. The number of aliphatic hydroxyl groups is 1. The average Bonchev–Trinajstić information content (AvgIpc) is 2.43. The minimum Gasteiger partial charge on any atom is -0.395 e. The van der Waals surface area contributed by atoms with E-state index in [0.29, 0.717) is 6.42 Å². The Bertz CT molecular complexity index is 559. The molecule has 0 saturated carbocycles. The minimum absolute atomic E-state index is 0.0750. The van der Waals surface area contributed by atoms with Crippen LogP contribution in [0.5, 0.6) is 0 Å². The van der Waals surface area contributed by atoms with E-state index in [9.17, 15) is 18.5 Å². The summed E-state index contributed by atoms with van der Waals surface area (Å²) in [5.74, 6) is 0. The van der Waals surface area contributed by atoms with E-state index >= 15 is 0 Å². The summed E-state index contributed by atoms with van der Waals surface area (Å²) < 4.78 is 26.0. The summed E-state index contributed by atoms with van der Waals surface area (Å²) in [5, 5.41) is 19.9. The van der Waals surface area contributed by atoms with Crippen molar-refractivity contribution in [3.63, 3.8) is 0 Å². The van der Waals surface area contributed by atoms with Crippen LogP contribution in [0.4, 0.5) is 5.69 Å². The summed E-state index contributed by atoms with van der Waals surface area (Å²) in [5.41, 5.74) is -0.452. The van der Waals surface area contributed by atoms with Gasteiger partial charge in [-0.1, -0.05) is 25.5 Å². The fourth-order valence-corrected chi connectivity index (χ4v) is 3.39.